The van der Waals surface area contributed by atoms with Gasteiger partial charge in [-0.3, -0.25) is 0 Å². The van der Waals surface area contributed by atoms with E-state index in [9.17, 15) is 13.2 Å². The first-order valence-corrected chi connectivity index (χ1v) is 13.6. The second-order valence-electron chi connectivity index (χ2n) is 6.88. The number of hydrogen-bond donors (Lipinski definition) is 1. The average Bonchev–Trinajstić information content (AvgIpc) is 2.76. The van der Waals surface area contributed by atoms with E-state index in [-0.39, 0.29) is 12.4 Å². The van der Waals surface area contributed by atoms with Gasteiger partial charge in [0.2, 0.25) is 0 Å². The minimum absolute atomic E-state index is 0.266. The van der Waals surface area contributed by atoms with Crippen LogP contribution in [0.4, 0.5) is 0 Å². The third-order valence-electron chi connectivity index (χ3n) is 4.29. The highest BCUT2D eigenvalue weighted by Crippen LogP contribution is 2.30. The van der Waals surface area contributed by atoms with E-state index in [4.69, 9.17) is 14.0 Å². The lowest BCUT2D eigenvalue weighted by Gasteiger charge is -2.11. The maximum atomic E-state index is 11.4. The maximum Gasteiger partial charge on any atom is 0.341 e. The molecule has 33 heavy (non-hydrogen) atoms. The molecule has 0 fully saturated rings. The molecule has 0 spiro atoms. The van der Waals surface area contributed by atoms with Crippen LogP contribution in [0.3, 0.4) is 0 Å². The average molecular weight is 596 g/mol. The molecule has 0 saturated carbocycles. The molecule has 3 aromatic rings. The van der Waals surface area contributed by atoms with Crippen LogP contribution in [0.1, 0.15) is 11.1 Å². The number of benzene rings is 3. The van der Waals surface area contributed by atoms with Gasteiger partial charge in [-0.2, -0.15) is 8.42 Å². The number of halogens is 1. The Morgan fingerprint density at radius 1 is 1.03 bits per heavy atom. The van der Waals surface area contributed by atoms with Crippen molar-refractivity contribution >= 4 is 56.0 Å². The van der Waals surface area contributed by atoms with Gasteiger partial charge in [-0.1, -0.05) is 48.5 Å². The molecule has 6 nitrogen and oxygen atoms in total. The van der Waals surface area contributed by atoms with Gasteiger partial charge >= 0.3 is 16.1 Å². The van der Waals surface area contributed by atoms with Crippen LogP contribution >= 0.6 is 34.4 Å². The van der Waals surface area contributed by atoms with E-state index in [1.54, 1.807) is 30.0 Å². The van der Waals surface area contributed by atoms with Gasteiger partial charge in [0.25, 0.3) is 0 Å². The molecule has 0 aliphatic heterocycles. The van der Waals surface area contributed by atoms with E-state index in [0.717, 1.165) is 31.4 Å². The number of carboxylic acid groups (broad SMARTS) is 1. The minimum atomic E-state index is -3.58. The Morgan fingerprint density at radius 2 is 1.70 bits per heavy atom. The van der Waals surface area contributed by atoms with Gasteiger partial charge in [-0.25, -0.2) is 4.79 Å². The first-order chi connectivity index (χ1) is 15.7. The van der Waals surface area contributed by atoms with Crippen molar-refractivity contribution in [3.8, 4) is 11.5 Å². The van der Waals surface area contributed by atoms with Gasteiger partial charge in [0.1, 0.15) is 11.5 Å². The molecule has 0 amide bonds. The summed E-state index contributed by atoms with van der Waals surface area (Å²) in [6.07, 6.45) is 3.13. The van der Waals surface area contributed by atoms with Gasteiger partial charge in [-0.05, 0) is 69.6 Å². The highest BCUT2D eigenvalue weighted by molar-refractivity contribution is 14.1. The fraction of sp³-hybridized carbons (Fsp3) is 0.125. The van der Waals surface area contributed by atoms with Crippen LogP contribution < -0.4 is 8.92 Å². The first kappa shape index (κ1) is 25.1. The number of aliphatic carboxylic acids is 1. The molecule has 1 N–H and O–H groups in total. The Morgan fingerprint density at radius 3 is 2.30 bits per heavy atom. The number of carbonyl (C=O) groups is 1. The van der Waals surface area contributed by atoms with Crippen molar-refractivity contribution in [1.29, 1.82) is 0 Å². The zero-order valence-electron chi connectivity index (χ0n) is 17.6. The number of ether oxygens (including phenoxy) is 1. The van der Waals surface area contributed by atoms with Crippen LogP contribution in [0, 0.1) is 3.57 Å². The van der Waals surface area contributed by atoms with Crippen molar-refractivity contribution in [2.24, 2.45) is 0 Å². The molecule has 0 saturated heterocycles. The lowest BCUT2D eigenvalue weighted by Crippen LogP contribution is -2.10. The van der Waals surface area contributed by atoms with Crippen LogP contribution in [0.2, 0.25) is 0 Å². The third kappa shape index (κ3) is 8.09. The zero-order valence-corrected chi connectivity index (χ0v) is 21.4. The maximum absolute atomic E-state index is 11.4. The van der Waals surface area contributed by atoms with Crippen molar-refractivity contribution in [3.63, 3.8) is 0 Å². The molecule has 3 aromatic carbocycles. The lowest BCUT2D eigenvalue weighted by atomic mass is 9.98. The second kappa shape index (κ2) is 11.6. The molecule has 9 heteroatoms. The van der Waals surface area contributed by atoms with Crippen molar-refractivity contribution < 1.29 is 27.2 Å². The zero-order chi connectivity index (χ0) is 23.8. The largest absolute Gasteiger partial charge is 0.481 e. The summed E-state index contributed by atoms with van der Waals surface area (Å²) >= 11 is 3.77. The van der Waals surface area contributed by atoms with E-state index in [1.165, 1.54) is 0 Å². The van der Waals surface area contributed by atoms with Gasteiger partial charge in [0.15, 0.2) is 6.61 Å². The van der Waals surface area contributed by atoms with Gasteiger partial charge in [-0.15, -0.1) is 11.8 Å². The fourth-order valence-electron chi connectivity index (χ4n) is 2.93. The number of rotatable bonds is 10. The smallest absolute Gasteiger partial charge is 0.341 e. The summed E-state index contributed by atoms with van der Waals surface area (Å²) in [6.45, 7) is -0.375. The summed E-state index contributed by atoms with van der Waals surface area (Å²) in [7, 11) is -3.58. The molecule has 0 radical (unpaired) electrons. The number of carboxylic acids is 1. The molecular weight excluding hydrogens is 575 g/mol. The molecule has 0 unspecified atom stereocenters. The topological polar surface area (TPSA) is 89.9 Å². The van der Waals surface area contributed by atoms with E-state index in [1.807, 2.05) is 54.6 Å². The van der Waals surface area contributed by atoms with Crippen molar-refractivity contribution in [3.05, 3.63) is 93.6 Å². The van der Waals surface area contributed by atoms with E-state index < -0.39 is 16.1 Å². The Labute approximate surface area is 210 Å². The van der Waals surface area contributed by atoms with E-state index in [0.29, 0.717) is 11.5 Å². The summed E-state index contributed by atoms with van der Waals surface area (Å²) in [5.41, 5.74) is 3.00. The van der Waals surface area contributed by atoms with Crippen LogP contribution in [0.5, 0.6) is 11.5 Å². The summed E-state index contributed by atoms with van der Waals surface area (Å²) in [4.78, 5) is 11.7. The molecule has 3 rings (SSSR count). The van der Waals surface area contributed by atoms with Crippen LogP contribution in [-0.2, 0) is 14.9 Å². The minimum Gasteiger partial charge on any atom is -0.481 e. The monoisotopic (exact) mass is 596 g/mol. The Hall–Kier alpha value is -2.50. The molecular formula is C24H21IO6S2. The SMILES string of the molecule is CS(=O)(=O)Oc1ccc(C(=CCSc2ccc(OCC(=O)O)c(I)c2)c2ccccc2)cc1. The van der Waals surface area contributed by atoms with Crippen molar-refractivity contribution in [1.82, 2.24) is 0 Å². The predicted molar refractivity (Wildman–Crippen MR) is 138 cm³/mol. The van der Waals surface area contributed by atoms with E-state index in [2.05, 4.69) is 28.7 Å². The van der Waals surface area contributed by atoms with Gasteiger partial charge in [0.05, 0.1) is 9.83 Å². The Kier molecular flexibility index (Phi) is 8.81. The summed E-state index contributed by atoms with van der Waals surface area (Å²) in [6, 6.07) is 22.5. The first-order valence-electron chi connectivity index (χ1n) is 9.74. The normalized spacial score (nSPS) is 11.8. The third-order valence-corrected chi connectivity index (χ3v) is 6.55. The lowest BCUT2D eigenvalue weighted by molar-refractivity contribution is -0.139. The van der Waals surface area contributed by atoms with Gasteiger partial charge in [0, 0.05) is 10.6 Å². The molecule has 172 valence electrons. The summed E-state index contributed by atoms with van der Waals surface area (Å²) < 4.78 is 33.8. The molecule has 0 aliphatic carbocycles. The quantitative estimate of drug-likeness (QED) is 0.193. The highest BCUT2D eigenvalue weighted by Gasteiger charge is 2.09. The number of hydrogen-bond acceptors (Lipinski definition) is 6. The van der Waals surface area contributed by atoms with Gasteiger partial charge < -0.3 is 14.0 Å². The van der Waals surface area contributed by atoms with Crippen molar-refractivity contribution in [2.75, 3.05) is 18.6 Å². The second-order valence-corrected chi connectivity index (χ2v) is 10.7. The molecule has 0 aromatic heterocycles. The number of thioether (sulfide) groups is 1. The molecule has 0 aliphatic rings. The molecule has 0 atom stereocenters. The molecule has 0 heterocycles. The Balaban J connectivity index is 1.78. The van der Waals surface area contributed by atoms with Crippen molar-refractivity contribution in [2.45, 2.75) is 4.90 Å². The van der Waals surface area contributed by atoms with Crippen LogP contribution in [0.25, 0.3) is 5.57 Å². The molecule has 0 bridgehead atoms. The van der Waals surface area contributed by atoms with Crippen LogP contribution in [0.15, 0.2) is 83.8 Å². The fourth-order valence-corrected chi connectivity index (χ4v) is 5.08. The predicted octanol–water partition coefficient (Wildman–Crippen LogP) is 5.32. The summed E-state index contributed by atoms with van der Waals surface area (Å²) in [5, 5.41) is 8.77. The summed E-state index contributed by atoms with van der Waals surface area (Å²) in [5.74, 6) is 0.484. The van der Waals surface area contributed by atoms with Crippen LogP contribution in [-0.4, -0.2) is 38.1 Å². The highest BCUT2D eigenvalue weighted by atomic mass is 127. The standard InChI is InChI=1S/C24H21IO6S2/c1-33(28,29)31-19-9-7-18(8-10-19)21(17-5-3-2-4-6-17)13-14-32-20-11-12-23(22(25)15-20)30-16-24(26)27/h2-13,15H,14,16H2,1H3,(H,26,27). The Bertz CT molecular complexity index is 1240. The van der Waals surface area contributed by atoms with E-state index >= 15 is 0 Å².